The van der Waals surface area contributed by atoms with Crippen LogP contribution in [0, 0.1) is 0 Å². The Kier molecular flexibility index (Phi) is 1.52. The quantitative estimate of drug-likeness (QED) is 0.672. The van der Waals surface area contributed by atoms with E-state index in [1.54, 1.807) is 0 Å². The lowest BCUT2D eigenvalue weighted by atomic mass is 10.6. The Labute approximate surface area is 75.3 Å². The van der Waals surface area contributed by atoms with Gasteiger partial charge in [-0.15, -0.1) is 0 Å². The Morgan fingerprint density at radius 3 is 2.67 bits per heavy atom. The number of hydrogen-bond acceptors (Lipinski definition) is 6. The molecule has 0 aliphatic rings. The average molecular weight is 204 g/mol. The molecular formula is C5H2ClN3O2S. The zero-order chi connectivity index (χ0) is 8.72. The Morgan fingerprint density at radius 2 is 1.92 bits per heavy atom. The molecule has 0 fully saturated rings. The number of fused-ring (bicyclic) bond motifs is 1. The number of hydrogen-bond donors (Lipinski definition) is 2. The highest BCUT2D eigenvalue weighted by molar-refractivity contribution is 7.22. The zero-order valence-corrected chi connectivity index (χ0v) is 7.09. The van der Waals surface area contributed by atoms with Crippen molar-refractivity contribution in [3.05, 3.63) is 4.47 Å². The predicted octanol–water partition coefficient (Wildman–Crippen LogP) is 1.15. The molecule has 0 aromatic carbocycles. The molecule has 2 aromatic heterocycles. The summed E-state index contributed by atoms with van der Waals surface area (Å²) in [7, 11) is 0. The fraction of sp³-hybridized carbons (Fsp3) is 0. The van der Waals surface area contributed by atoms with Crippen LogP contribution in [0.3, 0.4) is 0 Å². The summed E-state index contributed by atoms with van der Waals surface area (Å²) in [4.78, 5) is 10.6. The van der Waals surface area contributed by atoms with E-state index in [9.17, 15) is 0 Å². The van der Waals surface area contributed by atoms with Crippen molar-refractivity contribution in [1.29, 1.82) is 0 Å². The molecule has 0 atom stereocenters. The van der Waals surface area contributed by atoms with E-state index in [4.69, 9.17) is 21.8 Å². The first-order valence-electron chi connectivity index (χ1n) is 2.89. The van der Waals surface area contributed by atoms with Gasteiger partial charge >= 0.3 is 6.01 Å². The van der Waals surface area contributed by atoms with Crippen molar-refractivity contribution in [3.8, 4) is 11.9 Å². The van der Waals surface area contributed by atoms with E-state index in [0.717, 1.165) is 11.3 Å². The van der Waals surface area contributed by atoms with Gasteiger partial charge in [-0.25, -0.2) is 4.98 Å². The fourth-order valence-corrected chi connectivity index (χ4v) is 1.70. The van der Waals surface area contributed by atoms with Crippen LogP contribution in [0.2, 0.25) is 4.47 Å². The summed E-state index contributed by atoms with van der Waals surface area (Å²) in [6, 6.07) is -0.512. The maximum Gasteiger partial charge on any atom is 0.319 e. The molecule has 62 valence electrons. The van der Waals surface area contributed by atoms with E-state index in [0.29, 0.717) is 4.70 Å². The normalized spacial score (nSPS) is 10.8. The van der Waals surface area contributed by atoms with Gasteiger partial charge < -0.3 is 10.2 Å². The van der Waals surface area contributed by atoms with Crippen LogP contribution in [-0.2, 0) is 0 Å². The van der Waals surface area contributed by atoms with Gasteiger partial charge in [0, 0.05) is 0 Å². The summed E-state index contributed by atoms with van der Waals surface area (Å²) < 4.78 is 0.623. The minimum absolute atomic E-state index is 0.204. The third-order valence-electron chi connectivity index (χ3n) is 1.20. The molecule has 5 nitrogen and oxygen atoms in total. The van der Waals surface area contributed by atoms with Crippen LogP contribution >= 0.6 is 22.9 Å². The summed E-state index contributed by atoms with van der Waals surface area (Å²) in [5.74, 6) is -0.304. The molecule has 0 bridgehead atoms. The van der Waals surface area contributed by atoms with E-state index in [1.165, 1.54) is 0 Å². The largest absolute Gasteiger partial charge is 0.492 e. The molecule has 2 heterocycles. The van der Waals surface area contributed by atoms with Crippen LogP contribution in [0.4, 0.5) is 0 Å². The minimum Gasteiger partial charge on any atom is -0.492 e. The number of rotatable bonds is 0. The Balaban J connectivity index is 2.88. The van der Waals surface area contributed by atoms with E-state index in [2.05, 4.69) is 15.0 Å². The molecule has 0 saturated carbocycles. The molecular weight excluding hydrogens is 202 g/mol. The Bertz CT molecular complexity index is 443. The average Bonchev–Trinajstić information content (AvgIpc) is 2.29. The van der Waals surface area contributed by atoms with Crippen LogP contribution in [0.1, 0.15) is 0 Å². The van der Waals surface area contributed by atoms with Crippen LogP contribution in [0.5, 0.6) is 11.9 Å². The predicted molar refractivity (Wildman–Crippen MR) is 43.5 cm³/mol. The molecule has 0 amide bonds. The van der Waals surface area contributed by atoms with E-state index < -0.39 is 6.01 Å². The van der Waals surface area contributed by atoms with Gasteiger partial charge in [0.15, 0.2) is 10.1 Å². The second-order valence-electron chi connectivity index (χ2n) is 1.97. The van der Waals surface area contributed by atoms with Gasteiger partial charge in [0.25, 0.3) is 0 Å². The lowest BCUT2D eigenvalue weighted by molar-refractivity contribution is 0.403. The lowest BCUT2D eigenvalue weighted by Gasteiger charge is -1.91. The van der Waals surface area contributed by atoms with Crippen molar-refractivity contribution >= 4 is 33.3 Å². The van der Waals surface area contributed by atoms with Crippen molar-refractivity contribution in [2.24, 2.45) is 0 Å². The number of thiazole rings is 1. The number of nitrogens with zero attached hydrogens (tertiary/aromatic N) is 3. The second kappa shape index (κ2) is 2.43. The van der Waals surface area contributed by atoms with E-state index >= 15 is 0 Å². The Hall–Kier alpha value is -1.14. The van der Waals surface area contributed by atoms with Gasteiger partial charge in [0.2, 0.25) is 5.88 Å². The maximum absolute atomic E-state index is 9.17. The van der Waals surface area contributed by atoms with Crippen molar-refractivity contribution < 1.29 is 10.2 Å². The van der Waals surface area contributed by atoms with Crippen LogP contribution in [0.25, 0.3) is 10.3 Å². The van der Waals surface area contributed by atoms with Crippen molar-refractivity contribution in [3.63, 3.8) is 0 Å². The molecule has 0 radical (unpaired) electrons. The van der Waals surface area contributed by atoms with Gasteiger partial charge in [0.05, 0.1) is 0 Å². The van der Waals surface area contributed by atoms with Gasteiger partial charge in [-0.1, -0.05) is 22.9 Å². The maximum atomic E-state index is 9.17. The molecule has 12 heavy (non-hydrogen) atoms. The summed E-state index contributed by atoms with van der Waals surface area (Å²) in [6.45, 7) is 0. The van der Waals surface area contributed by atoms with Crippen LogP contribution in [0.15, 0.2) is 0 Å². The monoisotopic (exact) mass is 203 g/mol. The molecule has 7 heteroatoms. The molecule has 0 aliphatic carbocycles. The summed E-state index contributed by atoms with van der Waals surface area (Å²) in [5.41, 5.74) is 0.204. The smallest absolute Gasteiger partial charge is 0.319 e. The lowest BCUT2D eigenvalue weighted by Crippen LogP contribution is -1.82. The van der Waals surface area contributed by atoms with E-state index in [-0.39, 0.29) is 16.0 Å². The molecule has 2 aromatic rings. The first-order valence-corrected chi connectivity index (χ1v) is 4.08. The topological polar surface area (TPSA) is 79.1 Å². The fourth-order valence-electron chi connectivity index (χ4n) is 0.773. The Morgan fingerprint density at radius 1 is 1.17 bits per heavy atom. The third kappa shape index (κ3) is 1.05. The molecule has 2 rings (SSSR count). The molecule has 0 saturated heterocycles. The summed E-state index contributed by atoms with van der Waals surface area (Å²) in [5, 5.41) is 18.0. The molecule has 0 aliphatic heterocycles. The molecule has 0 unspecified atom stereocenters. The van der Waals surface area contributed by atoms with Crippen molar-refractivity contribution in [2.45, 2.75) is 0 Å². The van der Waals surface area contributed by atoms with Crippen LogP contribution < -0.4 is 0 Å². The highest BCUT2D eigenvalue weighted by Gasteiger charge is 2.10. The van der Waals surface area contributed by atoms with Crippen molar-refractivity contribution in [2.75, 3.05) is 0 Å². The van der Waals surface area contributed by atoms with Gasteiger partial charge in [0.1, 0.15) is 4.70 Å². The van der Waals surface area contributed by atoms with Crippen molar-refractivity contribution in [1.82, 2.24) is 15.0 Å². The summed E-state index contributed by atoms with van der Waals surface area (Å²) >= 11 is 6.61. The number of halogens is 1. The van der Waals surface area contributed by atoms with Crippen LogP contribution in [-0.4, -0.2) is 25.2 Å². The minimum atomic E-state index is -0.512. The molecule has 0 spiro atoms. The summed E-state index contributed by atoms with van der Waals surface area (Å²) in [6.07, 6.45) is 0. The second-order valence-corrected chi connectivity index (χ2v) is 3.55. The standard InChI is InChI=1S/C5H2ClN3O2S/c6-4-7-2-1(12-4)3(10)9-5(11)8-2/h(H2,8,9,10,11). The SMILES string of the molecule is Oc1nc(O)c2sc(Cl)nc2n1. The van der Waals surface area contributed by atoms with Gasteiger partial charge in [-0.2, -0.15) is 9.97 Å². The number of aromatic nitrogens is 3. The van der Waals surface area contributed by atoms with E-state index in [1.807, 2.05) is 0 Å². The first kappa shape index (κ1) is 7.51. The number of aromatic hydroxyl groups is 2. The third-order valence-corrected chi connectivity index (χ3v) is 2.34. The van der Waals surface area contributed by atoms with Gasteiger partial charge in [-0.05, 0) is 0 Å². The molecule has 2 N–H and O–H groups in total. The first-order chi connectivity index (χ1) is 5.66. The van der Waals surface area contributed by atoms with Gasteiger partial charge in [-0.3, -0.25) is 0 Å². The zero-order valence-electron chi connectivity index (χ0n) is 5.52. The highest BCUT2D eigenvalue weighted by Crippen LogP contribution is 2.31. The highest BCUT2D eigenvalue weighted by atomic mass is 35.5.